The Morgan fingerprint density at radius 1 is 1.39 bits per heavy atom. The number of rotatable bonds is 7. The van der Waals surface area contributed by atoms with Crippen LogP contribution in [0.3, 0.4) is 0 Å². The predicted molar refractivity (Wildman–Crippen MR) is 75.2 cm³/mol. The Morgan fingerprint density at radius 3 is 2.72 bits per heavy atom. The van der Waals surface area contributed by atoms with E-state index in [1.165, 1.54) is 0 Å². The first-order chi connectivity index (χ1) is 8.50. The molecule has 0 amide bonds. The van der Waals surface area contributed by atoms with Crippen LogP contribution in [-0.2, 0) is 6.54 Å². The van der Waals surface area contributed by atoms with Crippen molar-refractivity contribution >= 4 is 11.6 Å². The monoisotopic (exact) mass is 271 g/mol. The molecule has 3 nitrogen and oxygen atoms in total. The van der Waals surface area contributed by atoms with Crippen LogP contribution >= 0.6 is 11.6 Å². The van der Waals surface area contributed by atoms with E-state index in [0.717, 1.165) is 24.3 Å². The zero-order chi connectivity index (χ0) is 13.6. The molecule has 0 radical (unpaired) electrons. The zero-order valence-electron chi connectivity index (χ0n) is 11.3. The molecule has 0 unspecified atom stereocenters. The number of aliphatic hydroxyl groups is 1. The number of ether oxygens (including phenoxy) is 1. The van der Waals surface area contributed by atoms with Crippen LogP contribution in [0.5, 0.6) is 5.75 Å². The summed E-state index contributed by atoms with van der Waals surface area (Å²) < 4.78 is 5.29. The highest BCUT2D eigenvalue weighted by Gasteiger charge is 2.17. The van der Waals surface area contributed by atoms with Crippen molar-refractivity contribution in [2.24, 2.45) is 5.41 Å². The van der Waals surface area contributed by atoms with Gasteiger partial charge in [0.2, 0.25) is 0 Å². The van der Waals surface area contributed by atoms with E-state index in [0.29, 0.717) is 11.6 Å². The van der Waals surface area contributed by atoms with Crippen molar-refractivity contribution in [1.29, 1.82) is 0 Å². The third kappa shape index (κ3) is 4.48. The molecule has 0 aromatic heterocycles. The Morgan fingerprint density at radius 2 is 2.11 bits per heavy atom. The van der Waals surface area contributed by atoms with Gasteiger partial charge < -0.3 is 15.2 Å². The molecular formula is C14H22ClNO2. The van der Waals surface area contributed by atoms with Gasteiger partial charge in [0.15, 0.2) is 0 Å². The Kier molecular flexibility index (Phi) is 5.93. The summed E-state index contributed by atoms with van der Waals surface area (Å²) >= 11 is 6.16. The van der Waals surface area contributed by atoms with Gasteiger partial charge in [0.1, 0.15) is 5.75 Å². The third-order valence-corrected chi connectivity index (χ3v) is 3.34. The van der Waals surface area contributed by atoms with E-state index < -0.39 is 0 Å². The standard InChI is InChI=1S/C14H22ClNO2/c1-14(2,7-8-17)10-16-9-11-12(15)5-4-6-13(11)18-3/h4-6,16-17H,7-10H2,1-3H3. The molecule has 1 aromatic rings. The molecule has 102 valence electrons. The van der Waals surface area contributed by atoms with Gasteiger partial charge in [-0.3, -0.25) is 0 Å². The molecule has 0 bridgehead atoms. The van der Waals surface area contributed by atoms with E-state index in [4.69, 9.17) is 21.4 Å². The first kappa shape index (κ1) is 15.3. The van der Waals surface area contributed by atoms with Crippen LogP contribution in [-0.4, -0.2) is 25.4 Å². The molecule has 0 aliphatic heterocycles. The molecule has 0 heterocycles. The fourth-order valence-corrected chi connectivity index (χ4v) is 2.05. The minimum absolute atomic E-state index is 0.0727. The topological polar surface area (TPSA) is 41.5 Å². The summed E-state index contributed by atoms with van der Waals surface area (Å²) in [5.41, 5.74) is 1.05. The molecule has 4 heteroatoms. The van der Waals surface area contributed by atoms with E-state index >= 15 is 0 Å². The first-order valence-electron chi connectivity index (χ1n) is 6.13. The number of nitrogens with one attached hydrogen (secondary N) is 1. The van der Waals surface area contributed by atoms with Crippen LogP contribution in [0.1, 0.15) is 25.8 Å². The fraction of sp³-hybridized carbons (Fsp3) is 0.571. The van der Waals surface area contributed by atoms with Crippen LogP contribution in [0.2, 0.25) is 5.02 Å². The minimum atomic E-state index is 0.0727. The molecule has 0 saturated carbocycles. The van der Waals surface area contributed by atoms with E-state index in [-0.39, 0.29) is 12.0 Å². The molecule has 0 spiro atoms. The highest BCUT2D eigenvalue weighted by molar-refractivity contribution is 6.31. The van der Waals surface area contributed by atoms with Crippen molar-refractivity contribution < 1.29 is 9.84 Å². The summed E-state index contributed by atoms with van der Waals surface area (Å²) in [5, 5.41) is 13.1. The molecule has 0 saturated heterocycles. The summed E-state index contributed by atoms with van der Waals surface area (Å²) in [4.78, 5) is 0. The average molecular weight is 272 g/mol. The lowest BCUT2D eigenvalue weighted by molar-refractivity contribution is 0.207. The smallest absolute Gasteiger partial charge is 0.124 e. The highest BCUT2D eigenvalue weighted by atomic mass is 35.5. The van der Waals surface area contributed by atoms with Crippen molar-refractivity contribution in [2.75, 3.05) is 20.3 Å². The molecule has 0 atom stereocenters. The normalized spacial score (nSPS) is 11.6. The molecule has 1 rings (SSSR count). The predicted octanol–water partition coefficient (Wildman–Crippen LogP) is 2.85. The van der Waals surface area contributed by atoms with Crippen molar-refractivity contribution in [2.45, 2.75) is 26.8 Å². The van der Waals surface area contributed by atoms with E-state index in [1.807, 2.05) is 18.2 Å². The van der Waals surface area contributed by atoms with Gasteiger partial charge in [-0.1, -0.05) is 31.5 Å². The molecule has 18 heavy (non-hydrogen) atoms. The summed E-state index contributed by atoms with van der Waals surface area (Å²) in [6.07, 6.45) is 0.777. The van der Waals surface area contributed by atoms with Crippen LogP contribution in [0.15, 0.2) is 18.2 Å². The third-order valence-electron chi connectivity index (χ3n) is 2.99. The zero-order valence-corrected chi connectivity index (χ0v) is 12.0. The maximum Gasteiger partial charge on any atom is 0.124 e. The second kappa shape index (κ2) is 6.98. The lowest BCUT2D eigenvalue weighted by Crippen LogP contribution is -2.30. The number of aliphatic hydroxyl groups excluding tert-OH is 1. The molecule has 2 N–H and O–H groups in total. The van der Waals surface area contributed by atoms with Gasteiger partial charge in [0.25, 0.3) is 0 Å². The fourth-order valence-electron chi connectivity index (χ4n) is 1.82. The molecule has 0 fully saturated rings. The van der Waals surface area contributed by atoms with Gasteiger partial charge in [-0.2, -0.15) is 0 Å². The summed E-state index contributed by atoms with van der Waals surface area (Å²) in [6, 6.07) is 5.64. The summed E-state index contributed by atoms with van der Waals surface area (Å²) in [5.74, 6) is 0.801. The van der Waals surface area contributed by atoms with Gasteiger partial charge in [-0.05, 0) is 24.0 Å². The highest BCUT2D eigenvalue weighted by Crippen LogP contribution is 2.26. The minimum Gasteiger partial charge on any atom is -0.496 e. The van der Waals surface area contributed by atoms with Crippen LogP contribution < -0.4 is 10.1 Å². The maximum absolute atomic E-state index is 8.98. The van der Waals surface area contributed by atoms with Gasteiger partial charge in [-0.25, -0.2) is 0 Å². The number of hydrogen-bond donors (Lipinski definition) is 2. The second-order valence-electron chi connectivity index (χ2n) is 5.16. The Balaban J connectivity index is 2.59. The number of halogens is 1. The van der Waals surface area contributed by atoms with Crippen LogP contribution in [0, 0.1) is 5.41 Å². The Labute approximate surface area is 114 Å². The lowest BCUT2D eigenvalue weighted by atomic mass is 9.90. The largest absolute Gasteiger partial charge is 0.496 e. The summed E-state index contributed by atoms with van der Waals surface area (Å²) in [7, 11) is 1.64. The van der Waals surface area contributed by atoms with Gasteiger partial charge in [-0.15, -0.1) is 0 Å². The number of hydrogen-bond acceptors (Lipinski definition) is 3. The summed E-state index contributed by atoms with van der Waals surface area (Å²) in [6.45, 7) is 5.95. The van der Waals surface area contributed by atoms with Crippen molar-refractivity contribution in [1.82, 2.24) is 5.32 Å². The quantitative estimate of drug-likeness (QED) is 0.801. The Bertz CT molecular complexity index is 380. The molecule has 0 aliphatic rings. The SMILES string of the molecule is COc1cccc(Cl)c1CNCC(C)(C)CCO. The van der Waals surface area contributed by atoms with Crippen LogP contribution in [0.25, 0.3) is 0 Å². The van der Waals surface area contributed by atoms with E-state index in [1.54, 1.807) is 7.11 Å². The second-order valence-corrected chi connectivity index (χ2v) is 5.57. The Hall–Kier alpha value is -0.770. The lowest BCUT2D eigenvalue weighted by Gasteiger charge is -2.24. The van der Waals surface area contributed by atoms with Gasteiger partial charge in [0.05, 0.1) is 7.11 Å². The number of methoxy groups -OCH3 is 1. The first-order valence-corrected chi connectivity index (χ1v) is 6.51. The average Bonchev–Trinajstić information content (AvgIpc) is 2.30. The van der Waals surface area contributed by atoms with E-state index in [2.05, 4.69) is 19.2 Å². The van der Waals surface area contributed by atoms with Crippen molar-refractivity contribution in [3.05, 3.63) is 28.8 Å². The van der Waals surface area contributed by atoms with Crippen molar-refractivity contribution in [3.8, 4) is 5.75 Å². The van der Waals surface area contributed by atoms with Crippen LogP contribution in [0.4, 0.5) is 0 Å². The van der Waals surface area contributed by atoms with E-state index in [9.17, 15) is 0 Å². The number of benzene rings is 1. The molecule has 1 aromatic carbocycles. The van der Waals surface area contributed by atoms with Gasteiger partial charge in [0, 0.05) is 30.3 Å². The van der Waals surface area contributed by atoms with Gasteiger partial charge >= 0.3 is 0 Å². The molecule has 0 aliphatic carbocycles. The maximum atomic E-state index is 8.98. The molecular weight excluding hydrogens is 250 g/mol. The van der Waals surface area contributed by atoms with Crippen molar-refractivity contribution in [3.63, 3.8) is 0 Å².